The molecule has 1 aromatic heterocycles. The van der Waals surface area contributed by atoms with Crippen molar-refractivity contribution in [2.24, 2.45) is 0 Å². The van der Waals surface area contributed by atoms with Gasteiger partial charge in [0.2, 0.25) is 10.0 Å². The molecule has 1 saturated heterocycles. The third-order valence-corrected chi connectivity index (χ3v) is 6.88. The Morgan fingerprint density at radius 1 is 1.18 bits per heavy atom. The monoisotopic (exact) mass is 422 g/mol. The van der Waals surface area contributed by atoms with Gasteiger partial charge in [0.1, 0.15) is 0 Å². The minimum Gasteiger partial charge on any atom is -0.336 e. The summed E-state index contributed by atoms with van der Waals surface area (Å²) in [5.41, 5.74) is 1.34. The van der Waals surface area contributed by atoms with E-state index >= 15 is 0 Å². The van der Waals surface area contributed by atoms with Crippen molar-refractivity contribution >= 4 is 27.5 Å². The highest BCUT2D eigenvalue weighted by Crippen LogP contribution is 2.24. The lowest BCUT2D eigenvalue weighted by Crippen LogP contribution is -2.48. The summed E-state index contributed by atoms with van der Waals surface area (Å²) in [5.74, 6) is -0.248. The van der Waals surface area contributed by atoms with E-state index in [1.165, 1.54) is 32.3 Å². The van der Waals surface area contributed by atoms with Crippen LogP contribution in [-0.4, -0.2) is 73.7 Å². The quantitative estimate of drug-likeness (QED) is 0.736. The molecule has 3 rings (SSSR count). The van der Waals surface area contributed by atoms with Crippen LogP contribution in [0.5, 0.6) is 0 Å². The molecule has 1 aliphatic rings. The summed E-state index contributed by atoms with van der Waals surface area (Å²) in [6.07, 6.45) is 3.59. The van der Waals surface area contributed by atoms with Gasteiger partial charge in [0.25, 0.3) is 5.91 Å². The van der Waals surface area contributed by atoms with Crippen LogP contribution >= 0.6 is 11.6 Å². The molecular weight excluding hydrogens is 400 g/mol. The normalized spacial score (nSPS) is 15.8. The molecule has 28 heavy (non-hydrogen) atoms. The van der Waals surface area contributed by atoms with Crippen molar-refractivity contribution in [3.05, 3.63) is 58.9 Å². The van der Waals surface area contributed by atoms with Crippen LogP contribution in [0.2, 0.25) is 5.02 Å². The summed E-state index contributed by atoms with van der Waals surface area (Å²) >= 11 is 6.20. The summed E-state index contributed by atoms with van der Waals surface area (Å²) in [6, 6.07) is 8.18. The molecule has 0 bridgehead atoms. The molecule has 0 atom stereocenters. The molecule has 0 aliphatic carbocycles. The molecule has 9 heteroatoms. The first-order valence-electron chi connectivity index (χ1n) is 8.91. The van der Waals surface area contributed by atoms with Gasteiger partial charge in [0, 0.05) is 59.2 Å². The number of piperazine rings is 1. The van der Waals surface area contributed by atoms with Gasteiger partial charge >= 0.3 is 0 Å². The third kappa shape index (κ3) is 4.52. The molecule has 1 fully saturated rings. The lowest BCUT2D eigenvalue weighted by molar-refractivity contribution is 0.0628. The first-order valence-corrected chi connectivity index (χ1v) is 10.7. The van der Waals surface area contributed by atoms with Crippen molar-refractivity contribution in [2.75, 3.05) is 40.3 Å². The molecule has 1 aliphatic heterocycles. The van der Waals surface area contributed by atoms with Gasteiger partial charge in [-0.15, -0.1) is 0 Å². The van der Waals surface area contributed by atoms with Gasteiger partial charge in [-0.1, -0.05) is 17.7 Å². The van der Waals surface area contributed by atoms with Crippen LogP contribution in [0.3, 0.4) is 0 Å². The van der Waals surface area contributed by atoms with Crippen molar-refractivity contribution < 1.29 is 13.2 Å². The zero-order valence-electron chi connectivity index (χ0n) is 15.9. The maximum Gasteiger partial charge on any atom is 0.255 e. The topological polar surface area (TPSA) is 73.8 Å². The van der Waals surface area contributed by atoms with E-state index < -0.39 is 10.0 Å². The van der Waals surface area contributed by atoms with E-state index in [4.69, 9.17) is 11.6 Å². The first kappa shape index (κ1) is 20.7. The van der Waals surface area contributed by atoms with Crippen molar-refractivity contribution in [2.45, 2.75) is 11.4 Å². The molecule has 2 heterocycles. The third-order valence-electron chi connectivity index (χ3n) is 4.74. The molecule has 150 valence electrons. The number of rotatable bonds is 5. The lowest BCUT2D eigenvalue weighted by Gasteiger charge is -2.35. The van der Waals surface area contributed by atoms with Crippen molar-refractivity contribution in [1.82, 2.24) is 19.1 Å². The van der Waals surface area contributed by atoms with Gasteiger partial charge in [-0.2, -0.15) is 0 Å². The Bertz CT molecular complexity index is 943. The highest BCUT2D eigenvalue weighted by Gasteiger charge is 2.26. The summed E-state index contributed by atoms with van der Waals surface area (Å²) in [5, 5.41) is 0.250. The fourth-order valence-electron chi connectivity index (χ4n) is 3.07. The van der Waals surface area contributed by atoms with Crippen molar-refractivity contribution in [1.29, 1.82) is 0 Å². The van der Waals surface area contributed by atoms with Crippen LogP contribution in [0.25, 0.3) is 0 Å². The van der Waals surface area contributed by atoms with E-state index in [0.717, 1.165) is 29.5 Å². The Labute approximate surface area is 170 Å². The minimum atomic E-state index is -3.63. The van der Waals surface area contributed by atoms with Crippen LogP contribution in [0.15, 0.2) is 47.6 Å². The Kier molecular flexibility index (Phi) is 6.34. The second-order valence-corrected chi connectivity index (χ2v) is 9.42. The van der Waals surface area contributed by atoms with Gasteiger partial charge < -0.3 is 4.90 Å². The molecule has 0 saturated carbocycles. The van der Waals surface area contributed by atoms with E-state index in [-0.39, 0.29) is 21.4 Å². The Hall–Kier alpha value is -2.00. The number of amides is 1. The molecule has 1 amide bonds. The standard InChI is InChI=1S/C19H23ClN4O3S/c1-22(2)28(26,27)16-5-6-18(20)17(12-16)19(25)24-10-8-23(9-11-24)14-15-4-3-7-21-13-15/h3-7,12-13H,8-11,14H2,1-2H3. The maximum atomic E-state index is 12.9. The maximum absolute atomic E-state index is 12.9. The summed E-state index contributed by atoms with van der Waals surface area (Å²) in [4.78, 5) is 21.1. The van der Waals surface area contributed by atoms with Gasteiger partial charge in [0.15, 0.2) is 0 Å². The fraction of sp³-hybridized carbons (Fsp3) is 0.368. The van der Waals surface area contributed by atoms with Crippen molar-refractivity contribution in [3.8, 4) is 0 Å². The van der Waals surface area contributed by atoms with Crippen molar-refractivity contribution in [3.63, 3.8) is 0 Å². The zero-order chi connectivity index (χ0) is 20.3. The highest BCUT2D eigenvalue weighted by molar-refractivity contribution is 7.89. The van der Waals surface area contributed by atoms with Crippen LogP contribution in [0.4, 0.5) is 0 Å². The summed E-state index contributed by atoms with van der Waals surface area (Å²) in [7, 11) is -0.731. The molecule has 1 aromatic carbocycles. The molecule has 2 aromatic rings. The fourth-order valence-corrected chi connectivity index (χ4v) is 4.20. The number of hydrogen-bond acceptors (Lipinski definition) is 5. The van der Waals surface area contributed by atoms with Crippen LogP contribution in [-0.2, 0) is 16.6 Å². The Balaban J connectivity index is 1.70. The number of hydrogen-bond donors (Lipinski definition) is 0. The number of aromatic nitrogens is 1. The average molecular weight is 423 g/mol. The van der Waals surface area contributed by atoms with Gasteiger partial charge in [0.05, 0.1) is 15.5 Å². The zero-order valence-corrected chi connectivity index (χ0v) is 17.4. The summed E-state index contributed by atoms with van der Waals surface area (Å²) in [6.45, 7) is 3.36. The minimum absolute atomic E-state index is 0.0560. The van der Waals surface area contributed by atoms with E-state index in [2.05, 4.69) is 9.88 Å². The van der Waals surface area contributed by atoms with E-state index in [1.54, 1.807) is 11.1 Å². The van der Waals surface area contributed by atoms with Crippen LogP contribution in [0.1, 0.15) is 15.9 Å². The second-order valence-electron chi connectivity index (χ2n) is 6.86. The first-order chi connectivity index (χ1) is 13.3. The smallest absolute Gasteiger partial charge is 0.255 e. The number of pyridine rings is 1. The molecule has 0 radical (unpaired) electrons. The SMILES string of the molecule is CN(C)S(=O)(=O)c1ccc(Cl)c(C(=O)N2CCN(Cc3cccnc3)CC2)c1. The molecule has 7 nitrogen and oxygen atoms in total. The number of sulfonamides is 1. The predicted octanol–water partition coefficient (Wildman–Crippen LogP) is 1.94. The Morgan fingerprint density at radius 2 is 1.89 bits per heavy atom. The van der Waals surface area contributed by atoms with Crippen LogP contribution < -0.4 is 0 Å². The highest BCUT2D eigenvalue weighted by atomic mass is 35.5. The van der Waals surface area contributed by atoms with E-state index in [1.807, 2.05) is 18.3 Å². The Morgan fingerprint density at radius 3 is 2.50 bits per heavy atom. The van der Waals surface area contributed by atoms with Crippen LogP contribution in [0, 0.1) is 0 Å². The number of benzene rings is 1. The van der Waals surface area contributed by atoms with Gasteiger partial charge in [-0.25, -0.2) is 12.7 Å². The number of carbonyl (C=O) groups excluding carboxylic acids is 1. The number of halogens is 1. The number of nitrogens with zero attached hydrogens (tertiary/aromatic N) is 4. The van der Waals surface area contributed by atoms with Gasteiger partial charge in [-0.3, -0.25) is 14.7 Å². The van der Waals surface area contributed by atoms with E-state index in [9.17, 15) is 13.2 Å². The molecule has 0 N–H and O–H groups in total. The lowest BCUT2D eigenvalue weighted by atomic mass is 10.1. The summed E-state index contributed by atoms with van der Waals surface area (Å²) < 4.78 is 25.8. The second kappa shape index (κ2) is 8.57. The number of carbonyl (C=O) groups is 1. The predicted molar refractivity (Wildman–Crippen MR) is 108 cm³/mol. The molecular formula is C19H23ClN4O3S. The average Bonchev–Trinajstić information content (AvgIpc) is 2.69. The van der Waals surface area contributed by atoms with Gasteiger partial charge in [-0.05, 0) is 29.8 Å². The largest absolute Gasteiger partial charge is 0.336 e. The molecule has 0 unspecified atom stereocenters. The molecule has 0 spiro atoms. The van der Waals surface area contributed by atoms with E-state index in [0.29, 0.717) is 13.1 Å².